The molecule has 0 aromatic heterocycles. The van der Waals surface area contributed by atoms with Crippen LogP contribution >= 0.6 is 27.7 Å². The van der Waals surface area contributed by atoms with Crippen LogP contribution in [0.2, 0.25) is 0 Å². The zero-order valence-corrected chi connectivity index (χ0v) is 12.1. The molecule has 1 atom stereocenters. The Morgan fingerprint density at radius 3 is 3.12 bits per heavy atom. The van der Waals surface area contributed by atoms with Crippen LogP contribution in [0, 0.1) is 0 Å². The molecule has 0 fully saturated rings. The maximum atomic E-state index is 12.0. The largest absolute Gasteiger partial charge is 0.489 e. The summed E-state index contributed by atoms with van der Waals surface area (Å²) in [6.45, 7) is 2.14. The Balaban J connectivity index is 2.06. The van der Waals surface area contributed by atoms with Gasteiger partial charge in [-0.3, -0.25) is 4.79 Å². The van der Waals surface area contributed by atoms with Crippen LogP contribution in [0.4, 0.5) is 0 Å². The molecule has 0 N–H and O–H groups in total. The van der Waals surface area contributed by atoms with E-state index in [1.807, 2.05) is 30.0 Å². The standard InChI is InChI=1S/C13H15BrO2S/c1-2-17-6-5-10-8-12(15)11-7-9(14)3-4-13(11)16-10/h3-4,7,10H,2,5-6,8H2,1H3. The number of halogens is 1. The van der Waals surface area contributed by atoms with Crippen LogP contribution in [0.1, 0.15) is 30.1 Å². The number of fused-ring (bicyclic) bond motifs is 1. The SMILES string of the molecule is CCSCCC1CC(=O)c2cc(Br)ccc2O1. The number of hydrogen-bond acceptors (Lipinski definition) is 3. The molecular weight excluding hydrogens is 300 g/mol. The smallest absolute Gasteiger partial charge is 0.170 e. The Kier molecular flexibility index (Phi) is 4.51. The summed E-state index contributed by atoms with van der Waals surface area (Å²) in [6.07, 6.45) is 1.50. The first kappa shape index (κ1) is 13.0. The Morgan fingerprint density at radius 1 is 1.53 bits per heavy atom. The van der Waals surface area contributed by atoms with E-state index < -0.39 is 0 Å². The second-order valence-corrected chi connectivity index (χ2v) is 6.30. The molecule has 1 aliphatic rings. The zero-order valence-electron chi connectivity index (χ0n) is 9.74. The molecule has 0 saturated carbocycles. The van der Waals surface area contributed by atoms with Gasteiger partial charge < -0.3 is 4.74 Å². The summed E-state index contributed by atoms with van der Waals surface area (Å²) in [5.74, 6) is 3.10. The van der Waals surface area contributed by atoms with Gasteiger partial charge >= 0.3 is 0 Å². The molecule has 4 heteroatoms. The van der Waals surface area contributed by atoms with Crippen LogP contribution in [0.25, 0.3) is 0 Å². The lowest BCUT2D eigenvalue weighted by molar-refractivity contribution is 0.0847. The number of hydrogen-bond donors (Lipinski definition) is 0. The average molecular weight is 315 g/mol. The monoisotopic (exact) mass is 314 g/mol. The van der Waals surface area contributed by atoms with E-state index in [0.717, 1.165) is 28.1 Å². The third-order valence-electron chi connectivity index (χ3n) is 2.74. The van der Waals surface area contributed by atoms with Gasteiger partial charge in [0, 0.05) is 10.9 Å². The predicted octanol–water partition coefficient (Wildman–Crippen LogP) is 3.93. The van der Waals surface area contributed by atoms with Crippen LogP contribution in [0.3, 0.4) is 0 Å². The summed E-state index contributed by atoms with van der Waals surface area (Å²) in [7, 11) is 0. The van der Waals surface area contributed by atoms with Gasteiger partial charge in [0.2, 0.25) is 0 Å². The van der Waals surface area contributed by atoms with E-state index in [4.69, 9.17) is 4.74 Å². The minimum absolute atomic E-state index is 0.0511. The van der Waals surface area contributed by atoms with Crippen molar-refractivity contribution in [1.82, 2.24) is 0 Å². The van der Waals surface area contributed by atoms with Crippen LogP contribution < -0.4 is 4.74 Å². The van der Waals surface area contributed by atoms with E-state index in [2.05, 4.69) is 22.9 Å². The molecule has 1 aromatic rings. The van der Waals surface area contributed by atoms with Crippen LogP contribution in [-0.4, -0.2) is 23.4 Å². The number of ketones is 1. The molecule has 0 saturated heterocycles. The molecule has 0 spiro atoms. The summed E-state index contributed by atoms with van der Waals surface area (Å²) in [5, 5.41) is 0. The Hall–Kier alpha value is -0.480. The number of Topliss-reactive ketones (excluding diaryl/α,β-unsaturated/α-hetero) is 1. The lowest BCUT2D eigenvalue weighted by Crippen LogP contribution is -2.27. The normalized spacial score (nSPS) is 18.7. The molecule has 17 heavy (non-hydrogen) atoms. The van der Waals surface area contributed by atoms with Gasteiger partial charge in [-0.2, -0.15) is 11.8 Å². The first-order chi connectivity index (χ1) is 8.20. The molecule has 0 aliphatic carbocycles. The summed E-state index contributed by atoms with van der Waals surface area (Å²) in [5.41, 5.74) is 0.707. The van der Waals surface area contributed by atoms with E-state index in [0.29, 0.717) is 12.0 Å². The van der Waals surface area contributed by atoms with Gasteiger partial charge in [0.15, 0.2) is 5.78 Å². The van der Waals surface area contributed by atoms with Crippen molar-refractivity contribution in [2.45, 2.75) is 25.9 Å². The summed E-state index contributed by atoms with van der Waals surface area (Å²) < 4.78 is 6.77. The van der Waals surface area contributed by atoms with Crippen LogP contribution in [0.15, 0.2) is 22.7 Å². The first-order valence-electron chi connectivity index (χ1n) is 5.78. The number of benzene rings is 1. The average Bonchev–Trinajstić information content (AvgIpc) is 2.31. The number of carbonyl (C=O) groups is 1. The Bertz CT molecular complexity index is 420. The van der Waals surface area contributed by atoms with Crippen molar-refractivity contribution in [3.63, 3.8) is 0 Å². The van der Waals surface area contributed by atoms with Gasteiger partial charge in [-0.15, -0.1) is 0 Å². The quantitative estimate of drug-likeness (QED) is 0.788. The van der Waals surface area contributed by atoms with Gasteiger partial charge in [0.1, 0.15) is 11.9 Å². The van der Waals surface area contributed by atoms with E-state index in [-0.39, 0.29) is 11.9 Å². The highest BCUT2D eigenvalue weighted by Crippen LogP contribution is 2.31. The fraction of sp³-hybridized carbons (Fsp3) is 0.462. The van der Waals surface area contributed by atoms with Crippen molar-refractivity contribution in [3.05, 3.63) is 28.2 Å². The summed E-state index contributed by atoms with van der Waals surface area (Å²) >= 11 is 5.26. The lowest BCUT2D eigenvalue weighted by atomic mass is 10.00. The van der Waals surface area contributed by atoms with Crippen molar-refractivity contribution < 1.29 is 9.53 Å². The molecule has 1 unspecified atom stereocenters. The van der Waals surface area contributed by atoms with Gasteiger partial charge in [-0.1, -0.05) is 22.9 Å². The number of ether oxygens (including phenoxy) is 1. The third kappa shape index (κ3) is 3.26. The first-order valence-corrected chi connectivity index (χ1v) is 7.72. The summed E-state index contributed by atoms with van der Waals surface area (Å²) in [4.78, 5) is 12.0. The van der Waals surface area contributed by atoms with Crippen LogP contribution in [0.5, 0.6) is 5.75 Å². The molecule has 2 rings (SSSR count). The van der Waals surface area contributed by atoms with Crippen molar-refractivity contribution in [3.8, 4) is 5.75 Å². The molecule has 0 bridgehead atoms. The van der Waals surface area contributed by atoms with Crippen molar-refractivity contribution >= 4 is 33.5 Å². The van der Waals surface area contributed by atoms with Gasteiger partial charge in [0.25, 0.3) is 0 Å². The maximum absolute atomic E-state index is 12.0. The Morgan fingerprint density at radius 2 is 2.35 bits per heavy atom. The minimum Gasteiger partial charge on any atom is -0.489 e. The van der Waals surface area contributed by atoms with E-state index >= 15 is 0 Å². The van der Waals surface area contributed by atoms with Gasteiger partial charge in [-0.05, 0) is 36.1 Å². The molecular formula is C13H15BrO2S. The molecule has 0 radical (unpaired) electrons. The number of thioether (sulfide) groups is 1. The minimum atomic E-state index is 0.0511. The van der Waals surface area contributed by atoms with Crippen molar-refractivity contribution in [1.29, 1.82) is 0 Å². The summed E-state index contributed by atoms with van der Waals surface area (Å²) in [6, 6.07) is 5.63. The van der Waals surface area contributed by atoms with E-state index in [9.17, 15) is 4.79 Å². The third-order valence-corrected chi connectivity index (χ3v) is 4.16. The van der Waals surface area contributed by atoms with Gasteiger partial charge in [0.05, 0.1) is 5.56 Å². The molecule has 0 amide bonds. The molecule has 92 valence electrons. The number of carbonyl (C=O) groups excluding carboxylic acids is 1. The highest BCUT2D eigenvalue weighted by Gasteiger charge is 2.26. The predicted molar refractivity (Wildman–Crippen MR) is 75.1 cm³/mol. The second-order valence-electron chi connectivity index (χ2n) is 3.99. The van der Waals surface area contributed by atoms with Gasteiger partial charge in [-0.25, -0.2) is 0 Å². The highest BCUT2D eigenvalue weighted by molar-refractivity contribution is 9.10. The molecule has 1 aliphatic heterocycles. The maximum Gasteiger partial charge on any atom is 0.170 e. The van der Waals surface area contributed by atoms with Crippen molar-refractivity contribution in [2.75, 3.05) is 11.5 Å². The molecule has 2 nitrogen and oxygen atoms in total. The van der Waals surface area contributed by atoms with E-state index in [1.54, 1.807) is 0 Å². The lowest BCUT2D eigenvalue weighted by Gasteiger charge is -2.25. The number of rotatable bonds is 4. The molecule has 1 heterocycles. The van der Waals surface area contributed by atoms with Crippen LogP contribution in [-0.2, 0) is 0 Å². The second kappa shape index (κ2) is 5.91. The fourth-order valence-electron chi connectivity index (χ4n) is 1.88. The van der Waals surface area contributed by atoms with Crippen molar-refractivity contribution in [2.24, 2.45) is 0 Å². The fourth-order valence-corrected chi connectivity index (χ4v) is 2.96. The molecule has 1 aromatic carbocycles. The topological polar surface area (TPSA) is 26.3 Å². The zero-order chi connectivity index (χ0) is 12.3. The Labute approximate surface area is 114 Å². The van der Waals surface area contributed by atoms with E-state index in [1.165, 1.54) is 0 Å². The highest BCUT2D eigenvalue weighted by atomic mass is 79.9.